The lowest BCUT2D eigenvalue weighted by molar-refractivity contribution is -0.146. The van der Waals surface area contributed by atoms with Crippen molar-refractivity contribution in [3.05, 3.63) is 132 Å². The number of nitrogens with one attached hydrogen (secondary N) is 2. The maximum absolute atomic E-state index is 13.3. The predicted molar refractivity (Wildman–Crippen MR) is 175 cm³/mol. The molecule has 1 aliphatic carbocycles. The molecule has 238 valence electrons. The molecule has 4 aromatic rings. The molecule has 0 aromatic heterocycles. The van der Waals surface area contributed by atoms with E-state index in [2.05, 4.69) is 17.2 Å². The van der Waals surface area contributed by atoms with E-state index < -0.39 is 54.6 Å². The number of aliphatic carboxylic acids is 1. The van der Waals surface area contributed by atoms with Gasteiger partial charge >= 0.3 is 12.1 Å². The zero-order valence-electron chi connectivity index (χ0n) is 25.6. The van der Waals surface area contributed by atoms with E-state index in [9.17, 15) is 24.3 Å². The summed E-state index contributed by atoms with van der Waals surface area (Å²) in [5.74, 6) is -2.66. The number of carboxylic acid groups (broad SMARTS) is 1. The molecule has 1 aliphatic heterocycles. The van der Waals surface area contributed by atoms with E-state index in [0.29, 0.717) is 11.5 Å². The molecule has 4 aromatic carbocycles. The Morgan fingerprint density at radius 1 is 0.787 bits per heavy atom. The highest BCUT2D eigenvalue weighted by Gasteiger charge is 2.33. The summed E-state index contributed by atoms with van der Waals surface area (Å²) in [4.78, 5) is 51.7. The second kappa shape index (κ2) is 13.7. The zero-order valence-corrected chi connectivity index (χ0v) is 25.6. The van der Waals surface area contributed by atoms with Crippen molar-refractivity contribution >= 4 is 23.8 Å². The van der Waals surface area contributed by atoms with Crippen molar-refractivity contribution in [1.82, 2.24) is 10.6 Å². The summed E-state index contributed by atoms with van der Waals surface area (Å²) in [7, 11) is 0. The van der Waals surface area contributed by atoms with Crippen LogP contribution < -0.4 is 15.4 Å². The molecule has 0 radical (unpaired) electrons. The monoisotopic (exact) mass is 630 g/mol. The van der Waals surface area contributed by atoms with Gasteiger partial charge in [0.1, 0.15) is 18.1 Å². The molecule has 47 heavy (non-hydrogen) atoms. The Hall–Kier alpha value is -5.70. The van der Waals surface area contributed by atoms with E-state index in [4.69, 9.17) is 9.47 Å². The largest absolute Gasteiger partial charge is 0.481 e. The first-order valence-electron chi connectivity index (χ1n) is 15.5. The van der Waals surface area contributed by atoms with Gasteiger partial charge < -0.3 is 25.2 Å². The number of Topliss-reactive ketones (excluding diaryl/α,β-unsaturated/α-hetero) is 1. The molecule has 0 unspecified atom stereocenters. The number of amides is 2. The van der Waals surface area contributed by atoms with Gasteiger partial charge in [0.05, 0.1) is 18.0 Å². The molecular formula is C38H34N2O7. The van der Waals surface area contributed by atoms with E-state index >= 15 is 0 Å². The summed E-state index contributed by atoms with van der Waals surface area (Å²) in [5.41, 5.74) is 5.75. The van der Waals surface area contributed by atoms with Crippen LogP contribution in [0.5, 0.6) is 11.5 Å². The van der Waals surface area contributed by atoms with Gasteiger partial charge in [0.15, 0.2) is 5.78 Å². The van der Waals surface area contributed by atoms with Crippen LogP contribution in [0.4, 0.5) is 4.79 Å². The predicted octanol–water partition coefficient (Wildman–Crippen LogP) is 6.53. The zero-order chi connectivity index (χ0) is 32.9. The number of hydrogen-bond acceptors (Lipinski definition) is 6. The minimum Gasteiger partial charge on any atom is -0.481 e. The number of alkyl carbamates (subject to hydrolysis) is 1. The lowest BCUT2D eigenvalue weighted by Gasteiger charge is -2.29. The molecule has 0 fully saturated rings. The molecule has 9 nitrogen and oxygen atoms in total. The van der Waals surface area contributed by atoms with Crippen molar-refractivity contribution in [1.29, 1.82) is 0 Å². The number of fused-ring (bicyclic) bond motifs is 5. The number of carboxylic acids is 1. The van der Waals surface area contributed by atoms with Gasteiger partial charge in [-0.05, 0) is 40.8 Å². The number of carbonyl (C=O) groups is 4. The van der Waals surface area contributed by atoms with Gasteiger partial charge in [-0.2, -0.15) is 0 Å². The third-order valence-electron chi connectivity index (χ3n) is 8.64. The number of ketones is 1. The quantitative estimate of drug-likeness (QED) is 0.152. The first kappa shape index (κ1) is 31.3. The molecule has 1 heterocycles. The summed E-state index contributed by atoms with van der Waals surface area (Å²) < 4.78 is 11.6. The van der Waals surface area contributed by atoms with Crippen LogP contribution in [0.15, 0.2) is 110 Å². The van der Waals surface area contributed by atoms with Crippen LogP contribution in [-0.2, 0) is 19.1 Å². The van der Waals surface area contributed by atoms with E-state index in [0.717, 1.165) is 33.4 Å². The van der Waals surface area contributed by atoms with Crippen molar-refractivity contribution in [2.45, 2.75) is 37.3 Å². The third-order valence-corrected chi connectivity index (χ3v) is 8.64. The van der Waals surface area contributed by atoms with Crippen molar-refractivity contribution in [2.24, 2.45) is 5.92 Å². The van der Waals surface area contributed by atoms with Gasteiger partial charge in [-0.3, -0.25) is 14.4 Å². The molecule has 0 saturated carbocycles. The maximum atomic E-state index is 13.3. The smallest absolute Gasteiger partial charge is 0.407 e. The van der Waals surface area contributed by atoms with E-state index in [1.807, 2.05) is 84.9 Å². The number of hydrogen-bond donors (Lipinski definition) is 3. The Labute approximate surface area is 272 Å². The van der Waals surface area contributed by atoms with Crippen LogP contribution in [0.3, 0.4) is 0 Å². The summed E-state index contributed by atoms with van der Waals surface area (Å²) >= 11 is 0. The molecule has 0 saturated heterocycles. The number of rotatable bonds is 12. The van der Waals surface area contributed by atoms with Crippen molar-refractivity contribution < 1.29 is 33.8 Å². The molecule has 0 bridgehead atoms. The molecule has 9 heteroatoms. The number of para-hydroxylation sites is 2. The average Bonchev–Trinajstić information content (AvgIpc) is 3.40. The van der Waals surface area contributed by atoms with Crippen LogP contribution in [-0.4, -0.2) is 41.5 Å². The minimum absolute atomic E-state index is 0.0608. The third kappa shape index (κ3) is 6.65. The molecule has 2 amide bonds. The maximum Gasteiger partial charge on any atom is 0.407 e. The Bertz CT molecular complexity index is 1760. The standard InChI is InChI=1S/C38H34N2O7/c1-2-11-31(39-38(45)46-22-30-26-14-5-3-12-24(26)25-13-4-6-15-27(25)30)32(41)20-23(37(43)44)21-35(42)40-36-28-16-7-9-18-33(28)47-34-19-10-8-17-29(34)36/h2-10,12-19,23,30-31,36H,1,11,20-22H2,(H,39,45)(H,40,42)(H,43,44)/t23-,31-/m0/s1. The van der Waals surface area contributed by atoms with Gasteiger partial charge in [0.25, 0.3) is 0 Å². The minimum atomic E-state index is -1.32. The van der Waals surface area contributed by atoms with Gasteiger partial charge in [-0.1, -0.05) is 91.0 Å². The van der Waals surface area contributed by atoms with Crippen LogP contribution >= 0.6 is 0 Å². The van der Waals surface area contributed by atoms with Gasteiger partial charge in [0, 0.05) is 29.9 Å². The summed E-state index contributed by atoms with van der Waals surface area (Å²) in [6.45, 7) is 3.74. The van der Waals surface area contributed by atoms with E-state index in [1.54, 1.807) is 12.1 Å². The lowest BCUT2D eigenvalue weighted by Crippen LogP contribution is -2.42. The van der Waals surface area contributed by atoms with Crippen molar-refractivity contribution in [2.75, 3.05) is 6.61 Å². The Morgan fingerprint density at radius 2 is 1.32 bits per heavy atom. The Kier molecular flexibility index (Phi) is 9.15. The number of benzene rings is 4. The average molecular weight is 631 g/mol. The normalized spacial score (nSPS) is 14.2. The fourth-order valence-corrected chi connectivity index (χ4v) is 6.36. The second-order valence-electron chi connectivity index (χ2n) is 11.6. The first-order chi connectivity index (χ1) is 22.8. The van der Waals surface area contributed by atoms with Crippen LogP contribution in [0, 0.1) is 5.92 Å². The highest BCUT2D eigenvalue weighted by molar-refractivity contribution is 5.92. The summed E-state index contributed by atoms with van der Waals surface area (Å²) in [6, 6.07) is 28.9. The highest BCUT2D eigenvalue weighted by Crippen LogP contribution is 2.45. The van der Waals surface area contributed by atoms with Crippen LogP contribution in [0.25, 0.3) is 11.1 Å². The Morgan fingerprint density at radius 3 is 1.87 bits per heavy atom. The summed E-state index contributed by atoms with van der Waals surface area (Å²) in [6.07, 6.45) is -0.166. The molecule has 6 rings (SSSR count). The molecule has 2 atom stereocenters. The van der Waals surface area contributed by atoms with Crippen LogP contribution in [0.2, 0.25) is 0 Å². The fraction of sp³-hybridized carbons (Fsp3) is 0.211. The second-order valence-corrected chi connectivity index (χ2v) is 11.6. The SMILES string of the molecule is C=CC[C@H](NC(=O)OCC1c2ccccc2-c2ccccc21)C(=O)C[C@@H](CC(=O)NC1c2ccccc2Oc2ccccc21)C(=O)O. The number of carbonyl (C=O) groups excluding carboxylic acids is 3. The molecule has 3 N–H and O–H groups in total. The lowest BCUT2D eigenvalue weighted by atomic mass is 9.92. The first-order valence-corrected chi connectivity index (χ1v) is 15.5. The fourth-order valence-electron chi connectivity index (χ4n) is 6.36. The molecule has 2 aliphatic rings. The van der Waals surface area contributed by atoms with Gasteiger partial charge in [0.2, 0.25) is 5.91 Å². The topological polar surface area (TPSA) is 131 Å². The highest BCUT2D eigenvalue weighted by atomic mass is 16.5. The van der Waals surface area contributed by atoms with Crippen molar-refractivity contribution in [3.63, 3.8) is 0 Å². The van der Waals surface area contributed by atoms with E-state index in [1.165, 1.54) is 6.08 Å². The summed E-state index contributed by atoms with van der Waals surface area (Å²) in [5, 5.41) is 15.5. The Balaban J connectivity index is 1.08. The molecule has 0 spiro atoms. The van der Waals surface area contributed by atoms with Gasteiger partial charge in [-0.25, -0.2) is 4.79 Å². The number of ether oxygens (including phenoxy) is 2. The van der Waals surface area contributed by atoms with Crippen molar-refractivity contribution in [3.8, 4) is 22.6 Å². The van der Waals surface area contributed by atoms with E-state index in [-0.39, 0.29) is 18.9 Å². The molecular weight excluding hydrogens is 596 g/mol. The van der Waals surface area contributed by atoms with Gasteiger partial charge in [-0.15, -0.1) is 6.58 Å². The van der Waals surface area contributed by atoms with Crippen LogP contribution in [0.1, 0.15) is 53.5 Å².